The number of aryl methyl sites for hydroxylation is 8. The van der Waals surface area contributed by atoms with E-state index in [4.69, 9.17) is 14.4 Å². The van der Waals surface area contributed by atoms with E-state index in [9.17, 15) is 4.79 Å². The normalized spacial score (nSPS) is 20.2. The molecule has 0 fully saturated rings. The van der Waals surface area contributed by atoms with Crippen LogP contribution in [0.15, 0.2) is 51.2 Å². The van der Waals surface area contributed by atoms with Gasteiger partial charge in [0, 0.05) is 42.5 Å². The van der Waals surface area contributed by atoms with Crippen molar-refractivity contribution in [1.29, 1.82) is 0 Å². The first-order chi connectivity index (χ1) is 22.0. The summed E-state index contributed by atoms with van der Waals surface area (Å²) in [4.78, 5) is 23.5. The number of esters is 1. The van der Waals surface area contributed by atoms with E-state index < -0.39 is 11.2 Å². The molecule has 2 unspecified atom stereocenters. The van der Waals surface area contributed by atoms with Crippen LogP contribution in [-0.2, 0) is 39.7 Å². The Morgan fingerprint density at radius 3 is 1.45 bits per heavy atom. The number of hydrogen-bond donors (Lipinski definition) is 0. The quantitative estimate of drug-likeness (QED) is 0.202. The molecule has 2 atom stereocenters. The first kappa shape index (κ1) is 34.1. The molecule has 0 bridgehead atoms. The van der Waals surface area contributed by atoms with Crippen LogP contribution in [0.5, 0.6) is 0 Å². The average molecular weight is 704 g/mol. The molecule has 4 aromatic rings. The first-order valence-electron chi connectivity index (χ1n) is 15.5. The number of carbonyl (C=O) groups excluding carboxylic acids is 1. The van der Waals surface area contributed by atoms with Gasteiger partial charge in [-0.15, -0.1) is 0 Å². The van der Waals surface area contributed by atoms with Crippen LogP contribution in [0.2, 0.25) is 0 Å². The summed E-state index contributed by atoms with van der Waals surface area (Å²) < 4.78 is 9.74. The van der Waals surface area contributed by atoms with Gasteiger partial charge >= 0.3 is 5.97 Å². The maximum absolute atomic E-state index is 11.9. The molecule has 4 heterocycles. The van der Waals surface area contributed by atoms with Gasteiger partial charge < -0.3 is 14.4 Å². The van der Waals surface area contributed by atoms with Gasteiger partial charge in [0.15, 0.2) is 11.2 Å². The van der Waals surface area contributed by atoms with E-state index in [1.165, 1.54) is 18.2 Å². The molecule has 248 valence electrons. The lowest BCUT2D eigenvalue weighted by molar-refractivity contribution is -0.0137. The highest BCUT2D eigenvalue weighted by molar-refractivity contribution is 9.10. The highest BCUT2D eigenvalue weighted by Crippen LogP contribution is 2.38. The second-order valence-corrected chi connectivity index (χ2v) is 13.9. The maximum Gasteiger partial charge on any atom is 0.338 e. The summed E-state index contributed by atoms with van der Waals surface area (Å²) in [7, 11) is 5.25. The summed E-state index contributed by atoms with van der Waals surface area (Å²) in [5.41, 5.74) is 11.7. The molecule has 0 aliphatic carbocycles. The highest BCUT2D eigenvalue weighted by Gasteiger charge is 2.40. The molecule has 11 heteroatoms. The highest BCUT2D eigenvalue weighted by atomic mass is 79.9. The Labute approximate surface area is 284 Å². The Kier molecular flexibility index (Phi) is 9.25. The van der Waals surface area contributed by atoms with Gasteiger partial charge in [-0.3, -0.25) is 9.36 Å². The summed E-state index contributed by atoms with van der Waals surface area (Å²) >= 11 is 3.61. The standard InChI is InChI=1S/C19H23N3O3.C17H20BrN3O/c1-11-7-14(8-12(2)17(11)18(23)24-6)15-10-19(4,25-21-15)16-9-13(3)20-22(16)5;1-10-6-13(7-11(2)16(10)18)14-9-17(4,22-20-14)15-8-12(3)19-21(15)5/h7-9H,10H2,1-6H3;6-8H,9H2,1-5H3. The molecule has 0 amide bonds. The Morgan fingerprint density at radius 1 is 0.723 bits per heavy atom. The SMILES string of the molecule is COC(=O)c1c(C)cc(C2=NOC(C)(c3cc(C)nn3C)C2)cc1C.Cc1cc(C2(C)CC(c3cc(C)c(Br)c(C)c3)=NO2)n(C)n1. The fraction of sp³-hybridized carbons (Fsp3) is 0.417. The molecule has 0 radical (unpaired) electrons. The molecule has 6 rings (SSSR count). The van der Waals surface area contributed by atoms with E-state index in [0.29, 0.717) is 12.0 Å². The molecule has 2 aliphatic heterocycles. The second-order valence-electron chi connectivity index (χ2n) is 13.1. The first-order valence-corrected chi connectivity index (χ1v) is 16.3. The fourth-order valence-electron chi connectivity index (χ4n) is 6.54. The van der Waals surface area contributed by atoms with Crippen molar-refractivity contribution in [2.75, 3.05) is 7.11 Å². The summed E-state index contributed by atoms with van der Waals surface area (Å²) in [5, 5.41) is 17.5. The van der Waals surface area contributed by atoms with Crippen LogP contribution >= 0.6 is 15.9 Å². The van der Waals surface area contributed by atoms with E-state index in [-0.39, 0.29) is 5.97 Å². The number of oxime groups is 2. The van der Waals surface area contributed by atoms with Crippen molar-refractivity contribution in [3.8, 4) is 0 Å². The lowest BCUT2D eigenvalue weighted by Gasteiger charge is -2.21. The summed E-state index contributed by atoms with van der Waals surface area (Å²) in [6.07, 6.45) is 1.38. The van der Waals surface area contributed by atoms with Gasteiger partial charge in [0.1, 0.15) is 0 Å². The molecule has 47 heavy (non-hydrogen) atoms. The van der Waals surface area contributed by atoms with E-state index in [2.05, 4.69) is 75.4 Å². The third-order valence-electron chi connectivity index (χ3n) is 8.84. The Bertz CT molecular complexity index is 1890. The third kappa shape index (κ3) is 6.63. The minimum absolute atomic E-state index is 0.318. The summed E-state index contributed by atoms with van der Waals surface area (Å²) in [6.45, 7) is 16.0. The van der Waals surface area contributed by atoms with Gasteiger partial charge in [-0.25, -0.2) is 4.79 Å². The van der Waals surface area contributed by atoms with Crippen LogP contribution in [0.3, 0.4) is 0 Å². The minimum atomic E-state index is -0.547. The predicted octanol–water partition coefficient (Wildman–Crippen LogP) is 7.32. The van der Waals surface area contributed by atoms with Gasteiger partial charge in [-0.05, 0) is 114 Å². The zero-order chi connectivity index (χ0) is 34.4. The zero-order valence-corrected chi connectivity index (χ0v) is 30.7. The number of aromatic nitrogens is 4. The number of carbonyl (C=O) groups is 1. The van der Waals surface area contributed by atoms with Gasteiger partial charge in [0.05, 0.1) is 46.9 Å². The predicted molar refractivity (Wildman–Crippen MR) is 186 cm³/mol. The van der Waals surface area contributed by atoms with Crippen LogP contribution in [0, 0.1) is 41.5 Å². The number of halogens is 1. The Balaban J connectivity index is 0.000000186. The topological polar surface area (TPSA) is 105 Å². The van der Waals surface area contributed by atoms with Gasteiger partial charge in [0.25, 0.3) is 0 Å². The zero-order valence-electron chi connectivity index (χ0n) is 29.1. The van der Waals surface area contributed by atoms with Crippen molar-refractivity contribution in [2.45, 2.75) is 79.4 Å². The lowest BCUT2D eigenvalue weighted by atomic mass is 9.90. The minimum Gasteiger partial charge on any atom is -0.465 e. The Hall–Kier alpha value is -4.25. The number of benzene rings is 2. The largest absolute Gasteiger partial charge is 0.465 e. The van der Waals surface area contributed by atoms with Crippen LogP contribution in [0.25, 0.3) is 0 Å². The number of ether oxygens (including phenoxy) is 1. The molecule has 10 nitrogen and oxygen atoms in total. The van der Waals surface area contributed by atoms with Crippen molar-refractivity contribution >= 4 is 33.3 Å². The second kappa shape index (κ2) is 12.7. The van der Waals surface area contributed by atoms with Gasteiger partial charge in [-0.1, -0.05) is 26.2 Å². The van der Waals surface area contributed by atoms with Crippen LogP contribution < -0.4 is 0 Å². The van der Waals surface area contributed by atoms with Crippen molar-refractivity contribution in [3.63, 3.8) is 0 Å². The van der Waals surface area contributed by atoms with E-state index >= 15 is 0 Å². The van der Waals surface area contributed by atoms with Crippen LogP contribution in [0.1, 0.15) is 93.2 Å². The summed E-state index contributed by atoms with van der Waals surface area (Å²) in [5.74, 6) is -0.318. The lowest BCUT2D eigenvalue weighted by Crippen LogP contribution is -2.25. The molecule has 2 aromatic carbocycles. The molecular formula is C36H43BrN6O4. The number of nitrogens with zero attached hydrogens (tertiary/aromatic N) is 6. The number of rotatable bonds is 5. The molecule has 2 aromatic heterocycles. The molecule has 0 spiro atoms. The average Bonchev–Trinajstić information content (AvgIpc) is 3.77. The van der Waals surface area contributed by atoms with E-state index in [1.54, 1.807) is 0 Å². The molecular weight excluding hydrogens is 660 g/mol. The van der Waals surface area contributed by atoms with Gasteiger partial charge in [0.2, 0.25) is 0 Å². The van der Waals surface area contributed by atoms with E-state index in [1.807, 2.05) is 76.3 Å². The van der Waals surface area contributed by atoms with Crippen molar-refractivity contribution in [2.24, 2.45) is 24.4 Å². The van der Waals surface area contributed by atoms with E-state index in [0.717, 1.165) is 67.3 Å². The van der Waals surface area contributed by atoms with Crippen molar-refractivity contribution in [3.05, 3.63) is 103 Å². The smallest absolute Gasteiger partial charge is 0.338 e. The van der Waals surface area contributed by atoms with Gasteiger partial charge in [-0.2, -0.15) is 10.2 Å². The fourth-order valence-corrected chi connectivity index (χ4v) is 6.77. The molecule has 0 N–H and O–H groups in total. The molecule has 2 aliphatic rings. The molecule has 0 saturated heterocycles. The number of methoxy groups -OCH3 is 1. The Morgan fingerprint density at radius 2 is 1.11 bits per heavy atom. The monoisotopic (exact) mass is 702 g/mol. The van der Waals surface area contributed by atoms with Crippen LogP contribution in [-0.4, -0.2) is 44.1 Å². The summed E-state index contributed by atoms with van der Waals surface area (Å²) in [6, 6.07) is 12.3. The number of hydrogen-bond acceptors (Lipinski definition) is 8. The van der Waals surface area contributed by atoms with Crippen molar-refractivity contribution < 1.29 is 19.2 Å². The van der Waals surface area contributed by atoms with Crippen LogP contribution in [0.4, 0.5) is 0 Å². The molecule has 0 saturated carbocycles. The maximum atomic E-state index is 11.9. The third-order valence-corrected chi connectivity index (χ3v) is 10.1. The van der Waals surface area contributed by atoms with Crippen molar-refractivity contribution in [1.82, 2.24) is 19.6 Å².